The number of benzene rings is 1. The molecule has 0 bridgehead atoms. The summed E-state index contributed by atoms with van der Waals surface area (Å²) in [6, 6.07) is 7.82. The van der Waals surface area contributed by atoms with Crippen molar-refractivity contribution in [3.63, 3.8) is 0 Å². The van der Waals surface area contributed by atoms with Gasteiger partial charge in [-0.15, -0.1) is 0 Å². The van der Waals surface area contributed by atoms with Gasteiger partial charge in [0.2, 0.25) is 5.91 Å². The van der Waals surface area contributed by atoms with Crippen molar-refractivity contribution in [1.82, 2.24) is 4.90 Å². The number of nitrogens with zero attached hydrogens (tertiary/aromatic N) is 1. The molecule has 98 valence electrons. The Kier molecular flexibility index (Phi) is 3.71. The van der Waals surface area contributed by atoms with Gasteiger partial charge in [-0.2, -0.15) is 0 Å². The fraction of sp³-hybridized carbons (Fsp3) is 0.462. The number of carbonyl (C=O) groups excluding carboxylic acids is 1. The second-order valence-corrected chi connectivity index (χ2v) is 7.00. The predicted octanol–water partition coefficient (Wildman–Crippen LogP) is 0.795. The average molecular weight is 267 g/mol. The van der Waals surface area contributed by atoms with Crippen molar-refractivity contribution in [3.05, 3.63) is 35.4 Å². The molecule has 1 heterocycles. The molecule has 1 saturated heterocycles. The van der Waals surface area contributed by atoms with Crippen LogP contribution in [-0.2, 0) is 21.1 Å². The molecular weight excluding hydrogens is 250 g/mol. The summed E-state index contributed by atoms with van der Waals surface area (Å²) in [5, 5.41) is 0. The third-order valence-electron chi connectivity index (χ3n) is 3.13. The van der Waals surface area contributed by atoms with Gasteiger partial charge in [-0.3, -0.25) is 4.79 Å². The highest BCUT2D eigenvalue weighted by Crippen LogP contribution is 2.09. The lowest BCUT2D eigenvalue weighted by Crippen LogP contribution is -2.44. The van der Waals surface area contributed by atoms with Crippen LogP contribution in [0.15, 0.2) is 24.3 Å². The van der Waals surface area contributed by atoms with Crippen LogP contribution in [0, 0.1) is 6.92 Å². The van der Waals surface area contributed by atoms with E-state index in [-0.39, 0.29) is 17.4 Å². The molecule has 4 nitrogen and oxygen atoms in total. The van der Waals surface area contributed by atoms with Crippen LogP contribution in [0.1, 0.15) is 11.1 Å². The van der Waals surface area contributed by atoms with Crippen LogP contribution in [-0.4, -0.2) is 43.8 Å². The lowest BCUT2D eigenvalue weighted by atomic mass is 10.1. The van der Waals surface area contributed by atoms with Gasteiger partial charge in [-0.25, -0.2) is 8.42 Å². The van der Waals surface area contributed by atoms with Crippen LogP contribution in [0.3, 0.4) is 0 Å². The van der Waals surface area contributed by atoms with Crippen molar-refractivity contribution in [3.8, 4) is 0 Å². The lowest BCUT2D eigenvalue weighted by molar-refractivity contribution is -0.130. The van der Waals surface area contributed by atoms with E-state index in [0.717, 1.165) is 11.1 Å². The molecular formula is C13H17NO3S. The highest BCUT2D eigenvalue weighted by atomic mass is 32.2. The van der Waals surface area contributed by atoms with Gasteiger partial charge < -0.3 is 4.90 Å². The molecule has 1 aliphatic heterocycles. The number of sulfone groups is 1. The van der Waals surface area contributed by atoms with Crippen molar-refractivity contribution in [2.45, 2.75) is 13.3 Å². The van der Waals surface area contributed by atoms with Gasteiger partial charge in [-0.1, -0.05) is 29.8 Å². The summed E-state index contributed by atoms with van der Waals surface area (Å²) in [7, 11) is -2.92. The first-order valence-electron chi connectivity index (χ1n) is 6.00. The van der Waals surface area contributed by atoms with Gasteiger partial charge in [-0.05, 0) is 12.5 Å². The molecule has 18 heavy (non-hydrogen) atoms. The van der Waals surface area contributed by atoms with E-state index >= 15 is 0 Å². The van der Waals surface area contributed by atoms with Gasteiger partial charge in [0.25, 0.3) is 0 Å². The van der Waals surface area contributed by atoms with Gasteiger partial charge in [0.1, 0.15) is 0 Å². The van der Waals surface area contributed by atoms with Gasteiger partial charge in [0, 0.05) is 13.1 Å². The number of aryl methyl sites for hydroxylation is 1. The fourth-order valence-corrected chi connectivity index (χ4v) is 3.27. The van der Waals surface area contributed by atoms with Crippen LogP contribution < -0.4 is 0 Å². The maximum absolute atomic E-state index is 12.0. The van der Waals surface area contributed by atoms with Gasteiger partial charge in [0.15, 0.2) is 9.84 Å². The van der Waals surface area contributed by atoms with Crippen LogP contribution in [0.25, 0.3) is 0 Å². The molecule has 5 heteroatoms. The molecule has 0 N–H and O–H groups in total. The largest absolute Gasteiger partial charge is 0.340 e. The Hall–Kier alpha value is -1.36. The monoisotopic (exact) mass is 267 g/mol. The molecule has 0 radical (unpaired) electrons. The summed E-state index contributed by atoms with van der Waals surface area (Å²) >= 11 is 0. The van der Waals surface area contributed by atoms with E-state index < -0.39 is 9.84 Å². The molecule has 1 aliphatic rings. The average Bonchev–Trinajstić information content (AvgIpc) is 2.28. The highest BCUT2D eigenvalue weighted by Gasteiger charge is 2.24. The van der Waals surface area contributed by atoms with E-state index in [1.165, 1.54) is 0 Å². The van der Waals surface area contributed by atoms with Gasteiger partial charge in [0.05, 0.1) is 17.9 Å². The van der Waals surface area contributed by atoms with E-state index in [2.05, 4.69) is 0 Å². The summed E-state index contributed by atoms with van der Waals surface area (Å²) in [6.07, 6.45) is 0.349. The third-order valence-corrected chi connectivity index (χ3v) is 4.74. The Balaban J connectivity index is 1.97. The maximum atomic E-state index is 12.0. The number of carbonyl (C=O) groups is 1. The van der Waals surface area contributed by atoms with Crippen molar-refractivity contribution in [2.75, 3.05) is 24.6 Å². The second kappa shape index (κ2) is 5.10. The minimum absolute atomic E-state index is 0.00972. The van der Waals surface area contributed by atoms with Crippen LogP contribution in [0.4, 0.5) is 0 Å². The Labute approximate surface area is 108 Å². The zero-order chi connectivity index (χ0) is 13.2. The number of amides is 1. The summed E-state index contributed by atoms with van der Waals surface area (Å²) in [5.74, 6) is 0.189. The second-order valence-electron chi connectivity index (χ2n) is 4.70. The van der Waals surface area contributed by atoms with E-state index in [1.807, 2.05) is 31.2 Å². The van der Waals surface area contributed by atoms with Crippen molar-refractivity contribution in [1.29, 1.82) is 0 Å². The Morgan fingerprint density at radius 1 is 1.28 bits per heavy atom. The van der Waals surface area contributed by atoms with E-state index in [9.17, 15) is 13.2 Å². The molecule has 2 rings (SSSR count). The summed E-state index contributed by atoms with van der Waals surface area (Å²) < 4.78 is 22.6. The van der Waals surface area contributed by atoms with Crippen LogP contribution in [0.5, 0.6) is 0 Å². The Morgan fingerprint density at radius 3 is 2.56 bits per heavy atom. The van der Waals surface area contributed by atoms with Crippen LogP contribution >= 0.6 is 0 Å². The normalized spacial score (nSPS) is 18.6. The Morgan fingerprint density at radius 2 is 1.94 bits per heavy atom. The van der Waals surface area contributed by atoms with Gasteiger partial charge >= 0.3 is 0 Å². The lowest BCUT2D eigenvalue weighted by Gasteiger charge is -2.26. The first kappa shape index (κ1) is 13.1. The fourth-order valence-electron chi connectivity index (χ4n) is 2.07. The van der Waals surface area contributed by atoms with Crippen molar-refractivity contribution >= 4 is 15.7 Å². The van der Waals surface area contributed by atoms with Crippen molar-refractivity contribution < 1.29 is 13.2 Å². The number of rotatable bonds is 2. The smallest absolute Gasteiger partial charge is 0.227 e. The summed E-state index contributed by atoms with van der Waals surface area (Å²) in [4.78, 5) is 13.7. The third kappa shape index (κ3) is 3.32. The molecule has 0 aliphatic carbocycles. The van der Waals surface area contributed by atoms with E-state index in [1.54, 1.807) is 4.90 Å². The molecule has 0 unspecified atom stereocenters. The molecule has 0 aromatic heterocycles. The Bertz CT molecular complexity index is 537. The number of hydrogen-bond acceptors (Lipinski definition) is 3. The molecule has 0 spiro atoms. The molecule has 1 fully saturated rings. The first-order valence-corrected chi connectivity index (χ1v) is 7.82. The zero-order valence-corrected chi connectivity index (χ0v) is 11.2. The molecule has 1 aromatic rings. The quantitative estimate of drug-likeness (QED) is 0.796. The minimum atomic E-state index is -2.92. The minimum Gasteiger partial charge on any atom is -0.340 e. The highest BCUT2D eigenvalue weighted by molar-refractivity contribution is 7.91. The van der Waals surface area contributed by atoms with E-state index in [0.29, 0.717) is 19.5 Å². The van der Waals surface area contributed by atoms with Crippen LogP contribution in [0.2, 0.25) is 0 Å². The van der Waals surface area contributed by atoms with Crippen molar-refractivity contribution in [2.24, 2.45) is 0 Å². The molecule has 0 saturated carbocycles. The maximum Gasteiger partial charge on any atom is 0.227 e. The van der Waals surface area contributed by atoms with E-state index in [4.69, 9.17) is 0 Å². The SMILES string of the molecule is Cc1cccc(CC(=O)N2CCS(=O)(=O)CC2)c1. The topological polar surface area (TPSA) is 54.5 Å². The summed E-state index contributed by atoms with van der Waals surface area (Å²) in [6.45, 7) is 2.64. The molecule has 1 amide bonds. The predicted molar refractivity (Wildman–Crippen MR) is 70.1 cm³/mol. The molecule has 1 aromatic carbocycles. The zero-order valence-electron chi connectivity index (χ0n) is 10.4. The first-order chi connectivity index (χ1) is 8.46. The molecule has 0 atom stereocenters. The number of hydrogen-bond donors (Lipinski definition) is 0. The summed E-state index contributed by atoms with van der Waals surface area (Å²) in [5.41, 5.74) is 2.11. The standard InChI is InChI=1S/C13H17NO3S/c1-11-3-2-4-12(9-11)10-13(15)14-5-7-18(16,17)8-6-14/h2-4,9H,5-8,10H2,1H3.